The molecule has 2 amide bonds. The number of hydrogen-bond acceptors (Lipinski definition) is 3. The lowest BCUT2D eigenvalue weighted by molar-refractivity contribution is -0.158. The largest absolute Gasteiger partial charge is 0.384 e. The Morgan fingerprint density at radius 1 is 1.03 bits per heavy atom. The molecule has 2 aromatic rings. The van der Waals surface area contributed by atoms with Crippen LogP contribution in [0.4, 0.5) is 0 Å². The predicted octanol–water partition coefficient (Wildman–Crippen LogP) is 4.77. The van der Waals surface area contributed by atoms with Gasteiger partial charge in [-0.1, -0.05) is 62.2 Å². The van der Waals surface area contributed by atoms with Crippen molar-refractivity contribution in [1.29, 1.82) is 0 Å². The number of amides is 2. The van der Waals surface area contributed by atoms with Crippen molar-refractivity contribution in [1.82, 2.24) is 10.2 Å². The summed E-state index contributed by atoms with van der Waals surface area (Å²) in [6.07, 6.45) is 2.87. The Balaban J connectivity index is 1.50. The lowest BCUT2D eigenvalue weighted by Crippen LogP contribution is -2.60. The van der Waals surface area contributed by atoms with Gasteiger partial charge < -0.3 is 15.3 Å². The highest BCUT2D eigenvalue weighted by molar-refractivity contribution is 6.30. The van der Waals surface area contributed by atoms with Crippen molar-refractivity contribution >= 4 is 23.4 Å². The van der Waals surface area contributed by atoms with Crippen molar-refractivity contribution in [3.05, 3.63) is 70.7 Å². The minimum Gasteiger partial charge on any atom is -0.384 e. The second-order valence-electron chi connectivity index (χ2n) is 10.4. The molecule has 0 unspecified atom stereocenters. The minimum atomic E-state index is -1.05. The zero-order chi connectivity index (χ0) is 23.9. The SMILES string of the molecule is CC1(C)CN(C(=O)[C@H]2CCC[C@@]2(C)NC(=O)c2ccccc2)CC[C@]1(O)c1ccc(Cl)cc1. The van der Waals surface area contributed by atoms with Crippen molar-refractivity contribution in [3.8, 4) is 0 Å². The van der Waals surface area contributed by atoms with E-state index in [9.17, 15) is 14.7 Å². The molecule has 2 fully saturated rings. The van der Waals surface area contributed by atoms with Gasteiger partial charge in [0.2, 0.25) is 5.91 Å². The summed E-state index contributed by atoms with van der Waals surface area (Å²) < 4.78 is 0. The normalized spacial score (nSPS) is 29.0. The van der Waals surface area contributed by atoms with Crippen LogP contribution in [0, 0.1) is 11.3 Å². The summed E-state index contributed by atoms with van der Waals surface area (Å²) in [7, 11) is 0. The standard InChI is InChI=1S/C27H33ClN2O3/c1-25(2)18-30(17-16-27(25,33)20-11-13-21(28)14-12-20)24(32)22-10-7-15-26(22,3)29-23(31)19-8-5-4-6-9-19/h4-6,8-9,11-14,22,33H,7,10,15-18H2,1-3H3,(H,29,31)/t22-,26-,27+/m1/s1. The molecule has 0 spiro atoms. The third-order valence-corrected chi connectivity index (χ3v) is 8.03. The summed E-state index contributed by atoms with van der Waals surface area (Å²) in [6, 6.07) is 16.5. The molecule has 5 nitrogen and oxygen atoms in total. The first-order chi connectivity index (χ1) is 15.6. The molecule has 1 aliphatic heterocycles. The molecule has 3 atom stereocenters. The molecule has 0 bridgehead atoms. The van der Waals surface area contributed by atoms with Gasteiger partial charge in [0.05, 0.1) is 11.5 Å². The number of carbonyl (C=O) groups excluding carboxylic acids is 2. The molecule has 176 valence electrons. The van der Waals surface area contributed by atoms with Crippen LogP contribution in [0.3, 0.4) is 0 Å². The summed E-state index contributed by atoms with van der Waals surface area (Å²) in [5.74, 6) is -0.355. The maximum absolute atomic E-state index is 13.7. The number of nitrogens with zero attached hydrogens (tertiary/aromatic N) is 1. The van der Waals surface area contributed by atoms with Gasteiger partial charge in [-0.25, -0.2) is 0 Å². The molecule has 1 saturated heterocycles. The first-order valence-electron chi connectivity index (χ1n) is 11.7. The van der Waals surface area contributed by atoms with Gasteiger partial charge in [0.25, 0.3) is 5.91 Å². The Bertz CT molecular complexity index is 1020. The van der Waals surface area contributed by atoms with Gasteiger partial charge in [-0.05, 0) is 56.0 Å². The number of carbonyl (C=O) groups is 2. The van der Waals surface area contributed by atoms with Crippen LogP contribution >= 0.6 is 11.6 Å². The van der Waals surface area contributed by atoms with Gasteiger partial charge in [-0.3, -0.25) is 9.59 Å². The number of nitrogens with one attached hydrogen (secondary N) is 1. The summed E-state index contributed by atoms with van der Waals surface area (Å²) >= 11 is 6.04. The van der Waals surface area contributed by atoms with E-state index in [4.69, 9.17) is 11.6 Å². The van der Waals surface area contributed by atoms with Crippen molar-refractivity contribution in [3.63, 3.8) is 0 Å². The Kier molecular flexibility index (Phi) is 6.32. The van der Waals surface area contributed by atoms with Crippen LogP contribution in [0.15, 0.2) is 54.6 Å². The Hall–Kier alpha value is -2.37. The zero-order valence-electron chi connectivity index (χ0n) is 19.6. The van der Waals surface area contributed by atoms with Gasteiger partial charge in [0.1, 0.15) is 0 Å². The van der Waals surface area contributed by atoms with E-state index >= 15 is 0 Å². The highest BCUT2D eigenvalue weighted by Gasteiger charge is 2.52. The maximum Gasteiger partial charge on any atom is 0.251 e. The molecule has 1 saturated carbocycles. The van der Waals surface area contributed by atoms with Gasteiger partial charge in [0.15, 0.2) is 0 Å². The summed E-state index contributed by atoms with van der Waals surface area (Å²) in [5.41, 5.74) is -0.752. The van der Waals surface area contributed by atoms with Crippen LogP contribution in [0.2, 0.25) is 5.02 Å². The van der Waals surface area contributed by atoms with Crippen LogP contribution in [0.25, 0.3) is 0 Å². The smallest absolute Gasteiger partial charge is 0.251 e. The molecule has 4 rings (SSSR count). The maximum atomic E-state index is 13.7. The second-order valence-corrected chi connectivity index (χ2v) is 10.9. The lowest BCUT2D eigenvalue weighted by Gasteiger charge is -2.51. The van der Waals surface area contributed by atoms with E-state index in [1.165, 1.54) is 0 Å². The molecule has 33 heavy (non-hydrogen) atoms. The molecular weight excluding hydrogens is 436 g/mol. The van der Waals surface area contributed by atoms with Crippen LogP contribution in [-0.2, 0) is 10.4 Å². The van der Waals surface area contributed by atoms with Crippen molar-refractivity contribution < 1.29 is 14.7 Å². The first kappa shape index (κ1) is 23.8. The van der Waals surface area contributed by atoms with E-state index in [0.29, 0.717) is 30.1 Å². The second kappa shape index (κ2) is 8.77. The first-order valence-corrected chi connectivity index (χ1v) is 12.1. The van der Waals surface area contributed by atoms with E-state index in [2.05, 4.69) is 5.32 Å². The summed E-state index contributed by atoms with van der Waals surface area (Å²) in [4.78, 5) is 28.4. The molecule has 6 heteroatoms. The topological polar surface area (TPSA) is 69.6 Å². The van der Waals surface area contributed by atoms with Crippen molar-refractivity contribution in [2.24, 2.45) is 11.3 Å². The van der Waals surface area contributed by atoms with Crippen molar-refractivity contribution in [2.75, 3.05) is 13.1 Å². The molecule has 1 heterocycles. The lowest BCUT2D eigenvalue weighted by atomic mass is 9.66. The molecule has 0 aromatic heterocycles. The Morgan fingerprint density at radius 2 is 1.70 bits per heavy atom. The number of piperidine rings is 1. The highest BCUT2D eigenvalue weighted by Crippen LogP contribution is 2.47. The van der Waals surface area contributed by atoms with Crippen LogP contribution in [0.1, 0.15) is 62.4 Å². The fourth-order valence-electron chi connectivity index (χ4n) is 5.62. The molecule has 1 aliphatic carbocycles. The van der Waals surface area contributed by atoms with Gasteiger partial charge in [-0.15, -0.1) is 0 Å². The van der Waals surface area contributed by atoms with Crippen molar-refractivity contribution in [2.45, 2.75) is 57.6 Å². The monoisotopic (exact) mass is 468 g/mol. The number of likely N-dealkylation sites (tertiary alicyclic amines) is 1. The van der Waals surface area contributed by atoms with E-state index in [0.717, 1.165) is 24.8 Å². The Labute approximate surface area is 201 Å². The third-order valence-electron chi connectivity index (χ3n) is 7.77. The number of halogens is 1. The average molecular weight is 469 g/mol. The summed E-state index contributed by atoms with van der Waals surface area (Å²) in [6.45, 7) is 6.92. The van der Waals surface area contributed by atoms with Gasteiger partial charge in [0, 0.05) is 34.6 Å². The van der Waals surface area contributed by atoms with Crippen LogP contribution in [-0.4, -0.2) is 40.4 Å². The highest BCUT2D eigenvalue weighted by atomic mass is 35.5. The summed E-state index contributed by atoms with van der Waals surface area (Å²) in [5, 5.41) is 15.4. The van der Waals surface area contributed by atoms with Gasteiger partial charge >= 0.3 is 0 Å². The van der Waals surface area contributed by atoms with E-state index in [-0.39, 0.29) is 17.7 Å². The van der Waals surface area contributed by atoms with E-state index in [1.54, 1.807) is 24.3 Å². The van der Waals surface area contributed by atoms with Crippen LogP contribution in [0.5, 0.6) is 0 Å². The number of aliphatic hydroxyl groups is 1. The van der Waals surface area contributed by atoms with Crippen LogP contribution < -0.4 is 5.32 Å². The van der Waals surface area contributed by atoms with Gasteiger partial charge in [-0.2, -0.15) is 0 Å². The number of rotatable bonds is 4. The fraction of sp³-hybridized carbons (Fsp3) is 0.481. The minimum absolute atomic E-state index is 0.0644. The molecular formula is C27H33ClN2O3. The third kappa shape index (κ3) is 4.41. The van der Waals surface area contributed by atoms with E-state index in [1.807, 2.05) is 56.0 Å². The predicted molar refractivity (Wildman–Crippen MR) is 130 cm³/mol. The quantitative estimate of drug-likeness (QED) is 0.678. The Morgan fingerprint density at radius 3 is 2.33 bits per heavy atom. The fourth-order valence-corrected chi connectivity index (χ4v) is 5.75. The molecule has 2 aromatic carbocycles. The number of benzene rings is 2. The molecule has 2 N–H and O–H groups in total. The average Bonchev–Trinajstić information content (AvgIpc) is 3.17. The molecule has 0 radical (unpaired) electrons. The molecule has 2 aliphatic rings. The zero-order valence-corrected chi connectivity index (χ0v) is 20.4. The van der Waals surface area contributed by atoms with E-state index < -0.39 is 16.6 Å². The number of hydrogen-bond donors (Lipinski definition) is 2.